The summed E-state index contributed by atoms with van der Waals surface area (Å²) in [5, 5.41) is 13.7. The number of nitrogens with zero attached hydrogens (tertiary/aromatic N) is 2. The van der Waals surface area contributed by atoms with Crippen molar-refractivity contribution in [1.29, 1.82) is 0 Å². The van der Waals surface area contributed by atoms with Gasteiger partial charge in [-0.25, -0.2) is 12.7 Å². The van der Waals surface area contributed by atoms with Crippen LogP contribution < -0.4 is 5.32 Å². The van der Waals surface area contributed by atoms with Crippen molar-refractivity contribution in [2.75, 3.05) is 26.0 Å². The lowest BCUT2D eigenvalue weighted by molar-refractivity contribution is -0.384. The van der Waals surface area contributed by atoms with E-state index in [1.807, 2.05) is 20.8 Å². The zero-order chi connectivity index (χ0) is 16.4. The molecule has 1 aromatic rings. The first kappa shape index (κ1) is 17.4. The summed E-state index contributed by atoms with van der Waals surface area (Å²) < 4.78 is 26.1. The Labute approximate surface area is 125 Å². The third-order valence-electron chi connectivity index (χ3n) is 2.84. The zero-order valence-corrected chi connectivity index (χ0v) is 13.7. The molecular weight excluding hydrogens is 294 g/mol. The number of sulfonamides is 1. The maximum absolute atomic E-state index is 12.5. The fraction of sp³-hybridized carbons (Fsp3) is 0.538. The average molecular weight is 315 g/mol. The van der Waals surface area contributed by atoms with E-state index in [9.17, 15) is 18.5 Å². The zero-order valence-electron chi connectivity index (χ0n) is 12.9. The first-order valence-electron chi connectivity index (χ1n) is 6.41. The van der Waals surface area contributed by atoms with Crippen LogP contribution in [0.15, 0.2) is 23.1 Å². The van der Waals surface area contributed by atoms with Crippen molar-refractivity contribution in [1.82, 2.24) is 4.31 Å². The molecule has 0 radical (unpaired) electrons. The molecule has 0 aromatic heterocycles. The van der Waals surface area contributed by atoms with E-state index in [0.717, 1.165) is 6.07 Å². The Balaban J connectivity index is 3.26. The van der Waals surface area contributed by atoms with Gasteiger partial charge in [0.15, 0.2) is 0 Å². The number of nitro groups is 1. The van der Waals surface area contributed by atoms with Crippen molar-refractivity contribution in [3.05, 3.63) is 28.3 Å². The molecule has 0 saturated carbocycles. The molecule has 1 aromatic carbocycles. The van der Waals surface area contributed by atoms with Gasteiger partial charge in [-0.2, -0.15) is 0 Å². The molecule has 0 aliphatic heterocycles. The van der Waals surface area contributed by atoms with E-state index >= 15 is 0 Å². The highest BCUT2D eigenvalue weighted by atomic mass is 32.2. The van der Waals surface area contributed by atoms with Gasteiger partial charge in [-0.15, -0.1) is 0 Å². The van der Waals surface area contributed by atoms with Gasteiger partial charge in [-0.1, -0.05) is 20.8 Å². The highest BCUT2D eigenvalue weighted by Gasteiger charge is 2.27. The number of benzene rings is 1. The third-order valence-corrected chi connectivity index (χ3v) is 4.64. The second-order valence-electron chi connectivity index (χ2n) is 6.01. The van der Waals surface area contributed by atoms with Gasteiger partial charge in [0, 0.05) is 26.7 Å². The Kier molecular flexibility index (Phi) is 4.95. The summed E-state index contributed by atoms with van der Waals surface area (Å²) in [5.74, 6) is 0. The minimum absolute atomic E-state index is 0.0834. The number of nitrogens with one attached hydrogen (secondary N) is 1. The highest BCUT2D eigenvalue weighted by Crippen LogP contribution is 2.29. The van der Waals surface area contributed by atoms with Crippen LogP contribution in [0, 0.1) is 15.5 Å². The molecule has 7 nitrogen and oxygen atoms in total. The Morgan fingerprint density at radius 1 is 1.33 bits per heavy atom. The minimum atomic E-state index is -3.75. The molecule has 21 heavy (non-hydrogen) atoms. The molecule has 0 saturated heterocycles. The first-order chi connectivity index (χ1) is 9.49. The van der Waals surface area contributed by atoms with Gasteiger partial charge in [0.1, 0.15) is 5.69 Å². The Morgan fingerprint density at radius 2 is 1.90 bits per heavy atom. The van der Waals surface area contributed by atoms with Gasteiger partial charge in [0.25, 0.3) is 5.69 Å². The van der Waals surface area contributed by atoms with E-state index in [-0.39, 0.29) is 21.7 Å². The lowest BCUT2D eigenvalue weighted by Crippen LogP contribution is -2.34. The standard InChI is InChI=1S/C13H21N3O4S/c1-13(2,3)9-15(5)21(19,20)10-6-7-11(14-4)12(8-10)16(17)18/h6-8,14H,9H2,1-5H3. The van der Waals surface area contributed by atoms with Crippen molar-refractivity contribution in [3.8, 4) is 0 Å². The second kappa shape index (κ2) is 5.98. The van der Waals surface area contributed by atoms with Crippen molar-refractivity contribution >= 4 is 21.4 Å². The molecule has 0 fully saturated rings. The van der Waals surface area contributed by atoms with Gasteiger partial charge in [0.2, 0.25) is 10.0 Å². The summed E-state index contributed by atoms with van der Waals surface area (Å²) in [6.07, 6.45) is 0. The normalized spacial score (nSPS) is 12.5. The molecule has 0 unspecified atom stereocenters. The molecule has 0 aliphatic carbocycles. The monoisotopic (exact) mass is 315 g/mol. The molecule has 0 amide bonds. The van der Waals surface area contributed by atoms with Gasteiger partial charge >= 0.3 is 0 Å². The molecule has 0 heterocycles. The summed E-state index contributed by atoms with van der Waals surface area (Å²) in [6, 6.07) is 3.85. The molecule has 8 heteroatoms. The molecule has 0 spiro atoms. The predicted molar refractivity (Wildman–Crippen MR) is 81.9 cm³/mol. The van der Waals surface area contributed by atoms with Crippen LogP contribution >= 0.6 is 0 Å². The maximum Gasteiger partial charge on any atom is 0.293 e. The Morgan fingerprint density at radius 3 is 2.33 bits per heavy atom. The summed E-state index contributed by atoms with van der Waals surface area (Å²) in [6.45, 7) is 6.08. The largest absolute Gasteiger partial charge is 0.383 e. The number of hydrogen-bond donors (Lipinski definition) is 1. The van der Waals surface area contributed by atoms with Gasteiger partial charge in [-0.3, -0.25) is 10.1 Å². The fourth-order valence-corrected chi connectivity index (χ4v) is 3.38. The number of nitro benzene ring substituents is 1. The number of hydrogen-bond acceptors (Lipinski definition) is 5. The van der Waals surface area contributed by atoms with Crippen molar-refractivity contribution in [3.63, 3.8) is 0 Å². The van der Waals surface area contributed by atoms with Crippen LogP contribution in [0.3, 0.4) is 0 Å². The molecule has 0 atom stereocenters. The van der Waals surface area contributed by atoms with Crippen LogP contribution in [-0.4, -0.2) is 38.3 Å². The van der Waals surface area contributed by atoms with E-state index in [4.69, 9.17) is 0 Å². The van der Waals surface area contributed by atoms with E-state index in [1.165, 1.54) is 23.5 Å². The number of anilines is 1. The van der Waals surface area contributed by atoms with Crippen LogP contribution in [0.25, 0.3) is 0 Å². The van der Waals surface area contributed by atoms with Gasteiger partial charge in [0.05, 0.1) is 9.82 Å². The lowest BCUT2D eigenvalue weighted by Gasteiger charge is -2.26. The summed E-state index contributed by atoms with van der Waals surface area (Å²) in [5.41, 5.74) is -0.196. The van der Waals surface area contributed by atoms with Crippen LogP contribution in [-0.2, 0) is 10.0 Å². The van der Waals surface area contributed by atoms with E-state index in [1.54, 1.807) is 7.05 Å². The van der Waals surface area contributed by atoms with Crippen molar-refractivity contribution in [2.45, 2.75) is 25.7 Å². The summed E-state index contributed by atoms with van der Waals surface area (Å²) >= 11 is 0. The van der Waals surface area contributed by atoms with E-state index in [2.05, 4.69) is 5.32 Å². The summed E-state index contributed by atoms with van der Waals surface area (Å²) in [4.78, 5) is 10.3. The Bertz CT molecular complexity index is 635. The first-order valence-corrected chi connectivity index (χ1v) is 7.85. The molecule has 0 aliphatic rings. The van der Waals surface area contributed by atoms with E-state index < -0.39 is 14.9 Å². The molecule has 1 N–H and O–H groups in total. The number of rotatable bonds is 5. The summed E-state index contributed by atoms with van der Waals surface area (Å²) in [7, 11) is -0.738. The van der Waals surface area contributed by atoms with Gasteiger partial charge < -0.3 is 5.32 Å². The fourth-order valence-electron chi connectivity index (χ4n) is 1.97. The quantitative estimate of drug-likeness (QED) is 0.665. The highest BCUT2D eigenvalue weighted by molar-refractivity contribution is 7.89. The SMILES string of the molecule is CNc1ccc(S(=O)(=O)N(C)CC(C)(C)C)cc1[N+](=O)[O-]. The predicted octanol–water partition coefficient (Wildman–Crippen LogP) is 2.30. The molecule has 118 valence electrons. The van der Waals surface area contributed by atoms with Crippen molar-refractivity contribution < 1.29 is 13.3 Å². The second-order valence-corrected chi connectivity index (χ2v) is 8.05. The molecule has 1 rings (SSSR count). The van der Waals surface area contributed by atoms with E-state index in [0.29, 0.717) is 6.54 Å². The maximum atomic E-state index is 12.5. The minimum Gasteiger partial charge on any atom is -0.383 e. The smallest absolute Gasteiger partial charge is 0.293 e. The Hall–Kier alpha value is -1.67. The lowest BCUT2D eigenvalue weighted by atomic mass is 9.97. The topological polar surface area (TPSA) is 92.6 Å². The third kappa shape index (κ3) is 4.15. The average Bonchev–Trinajstić information content (AvgIpc) is 2.35. The van der Waals surface area contributed by atoms with Crippen molar-refractivity contribution in [2.24, 2.45) is 5.41 Å². The van der Waals surface area contributed by atoms with Gasteiger partial charge in [-0.05, 0) is 17.5 Å². The van der Waals surface area contributed by atoms with Crippen LogP contribution in [0.4, 0.5) is 11.4 Å². The molecule has 0 bridgehead atoms. The van der Waals surface area contributed by atoms with Crippen LogP contribution in [0.1, 0.15) is 20.8 Å². The van der Waals surface area contributed by atoms with Crippen LogP contribution in [0.2, 0.25) is 0 Å². The molecular formula is C13H21N3O4S. The van der Waals surface area contributed by atoms with Crippen LogP contribution in [0.5, 0.6) is 0 Å².